The molecule has 0 fully saturated rings. The van der Waals surface area contributed by atoms with Crippen LogP contribution in [0.2, 0.25) is 0 Å². The lowest BCUT2D eigenvalue weighted by molar-refractivity contribution is -0.165. The lowest BCUT2D eigenvalue weighted by Gasteiger charge is -2.36. The number of allylic oxidation sites excluding steroid dienone is 1. The summed E-state index contributed by atoms with van der Waals surface area (Å²) in [5, 5.41) is 0. The molecule has 0 saturated heterocycles. The topological polar surface area (TPSA) is 35.5 Å². The summed E-state index contributed by atoms with van der Waals surface area (Å²) in [5.74, 6) is -0.0496. The van der Waals surface area contributed by atoms with Gasteiger partial charge in [-0.2, -0.15) is 0 Å². The maximum atomic E-state index is 12.0. The van der Waals surface area contributed by atoms with Crippen LogP contribution in [0.4, 0.5) is 0 Å². The molecule has 0 aromatic heterocycles. The smallest absolute Gasteiger partial charge is 0.308 e. The quantitative estimate of drug-likeness (QED) is 0.478. The molecule has 0 aliphatic rings. The molecule has 3 heteroatoms. The van der Waals surface area contributed by atoms with Gasteiger partial charge in [0.15, 0.2) is 0 Å². The second-order valence-electron chi connectivity index (χ2n) is 7.72. The first-order valence-corrected chi connectivity index (χ1v) is 8.69. The van der Waals surface area contributed by atoms with Gasteiger partial charge in [0.05, 0.1) is 18.8 Å². The second kappa shape index (κ2) is 8.91. The van der Waals surface area contributed by atoms with Gasteiger partial charge in [0.25, 0.3) is 0 Å². The van der Waals surface area contributed by atoms with E-state index in [2.05, 4.69) is 39.8 Å². The average Bonchev–Trinajstić information content (AvgIpc) is 2.52. The van der Waals surface area contributed by atoms with Crippen LogP contribution in [-0.2, 0) is 14.3 Å². The minimum Gasteiger partial charge on any atom is -0.500 e. The Balaban J connectivity index is 2.73. The third-order valence-electron chi connectivity index (χ3n) is 4.03. The summed E-state index contributed by atoms with van der Waals surface area (Å²) in [4.78, 5) is 12.0. The maximum Gasteiger partial charge on any atom is 0.308 e. The van der Waals surface area contributed by atoms with E-state index >= 15 is 0 Å². The summed E-state index contributed by atoms with van der Waals surface area (Å²) in [6.45, 7) is 14.5. The van der Waals surface area contributed by atoms with E-state index < -0.39 is 0 Å². The number of hydrogen-bond acceptors (Lipinski definition) is 3. The number of carbonyl (C=O) groups is 1. The van der Waals surface area contributed by atoms with Crippen molar-refractivity contribution in [2.75, 3.05) is 6.61 Å². The number of esters is 1. The Morgan fingerprint density at radius 3 is 2.21 bits per heavy atom. The molecule has 1 aromatic carbocycles. The van der Waals surface area contributed by atoms with Gasteiger partial charge >= 0.3 is 5.97 Å². The third-order valence-corrected chi connectivity index (χ3v) is 4.03. The molecule has 0 heterocycles. The molecular formula is C21H32O3. The Bertz CT molecular complexity index is 541. The van der Waals surface area contributed by atoms with Gasteiger partial charge in [0.1, 0.15) is 6.10 Å². The normalized spacial score (nSPS) is 14.0. The fourth-order valence-electron chi connectivity index (χ4n) is 2.69. The molecule has 1 rings (SSSR count). The lowest BCUT2D eigenvalue weighted by Crippen LogP contribution is -2.41. The molecule has 0 N–H and O–H groups in total. The van der Waals surface area contributed by atoms with Gasteiger partial charge in [-0.05, 0) is 24.0 Å². The highest BCUT2D eigenvalue weighted by molar-refractivity contribution is 5.71. The van der Waals surface area contributed by atoms with Crippen molar-refractivity contribution in [2.45, 2.75) is 54.6 Å². The van der Waals surface area contributed by atoms with Crippen LogP contribution in [-0.4, -0.2) is 18.7 Å². The molecule has 0 spiro atoms. The average molecular weight is 332 g/mol. The van der Waals surface area contributed by atoms with Crippen molar-refractivity contribution >= 4 is 11.5 Å². The van der Waals surface area contributed by atoms with Crippen molar-refractivity contribution in [1.82, 2.24) is 0 Å². The fraction of sp³-hybridized carbons (Fsp3) is 0.571. The van der Waals surface area contributed by atoms with Crippen LogP contribution in [0.5, 0.6) is 0 Å². The number of ether oxygens (including phenoxy) is 2. The minimum absolute atomic E-state index is 0.122. The number of carbonyl (C=O) groups excluding carboxylic acids is 1. The van der Waals surface area contributed by atoms with Crippen molar-refractivity contribution in [2.24, 2.45) is 17.3 Å². The fourth-order valence-corrected chi connectivity index (χ4v) is 2.69. The van der Waals surface area contributed by atoms with Crippen LogP contribution >= 0.6 is 0 Å². The third kappa shape index (κ3) is 6.03. The summed E-state index contributed by atoms with van der Waals surface area (Å²) in [7, 11) is 0. The molecule has 0 saturated carbocycles. The van der Waals surface area contributed by atoms with Crippen LogP contribution in [0.15, 0.2) is 36.6 Å². The molecule has 0 amide bonds. The van der Waals surface area contributed by atoms with Crippen LogP contribution in [0.3, 0.4) is 0 Å². The molecule has 1 aromatic rings. The van der Waals surface area contributed by atoms with Crippen LogP contribution in [0, 0.1) is 17.3 Å². The summed E-state index contributed by atoms with van der Waals surface area (Å²) in [5.41, 5.74) is 1.94. The van der Waals surface area contributed by atoms with Crippen molar-refractivity contribution in [3.8, 4) is 0 Å². The van der Waals surface area contributed by atoms with Crippen molar-refractivity contribution in [3.63, 3.8) is 0 Å². The zero-order chi connectivity index (χ0) is 18.3. The predicted molar refractivity (Wildman–Crippen MR) is 99.4 cm³/mol. The molecule has 24 heavy (non-hydrogen) atoms. The van der Waals surface area contributed by atoms with Crippen molar-refractivity contribution in [1.29, 1.82) is 0 Å². The van der Waals surface area contributed by atoms with Gasteiger partial charge < -0.3 is 9.47 Å². The highest BCUT2D eigenvalue weighted by atomic mass is 16.5. The summed E-state index contributed by atoms with van der Waals surface area (Å²) in [6, 6.07) is 10.1. The molecule has 0 bridgehead atoms. The van der Waals surface area contributed by atoms with Crippen LogP contribution < -0.4 is 0 Å². The Morgan fingerprint density at radius 2 is 1.71 bits per heavy atom. The number of hydrogen-bond donors (Lipinski definition) is 0. The van der Waals surface area contributed by atoms with Gasteiger partial charge in [0.2, 0.25) is 0 Å². The highest BCUT2D eigenvalue weighted by Crippen LogP contribution is 2.30. The first-order chi connectivity index (χ1) is 11.1. The van der Waals surface area contributed by atoms with E-state index in [1.807, 2.05) is 39.0 Å². The van der Waals surface area contributed by atoms with Crippen LogP contribution in [0.25, 0.3) is 5.57 Å². The van der Waals surface area contributed by atoms with E-state index in [0.29, 0.717) is 6.61 Å². The van der Waals surface area contributed by atoms with Crippen molar-refractivity contribution in [3.05, 3.63) is 42.2 Å². The van der Waals surface area contributed by atoms with Gasteiger partial charge in [0, 0.05) is 5.41 Å². The lowest BCUT2D eigenvalue weighted by atomic mass is 9.81. The van der Waals surface area contributed by atoms with Gasteiger partial charge in [-0.3, -0.25) is 4.79 Å². The Kier molecular flexibility index (Phi) is 7.53. The maximum absolute atomic E-state index is 12.0. The zero-order valence-electron chi connectivity index (χ0n) is 16.1. The summed E-state index contributed by atoms with van der Waals surface area (Å²) in [6.07, 6.45) is 1.61. The van der Waals surface area contributed by atoms with Gasteiger partial charge in [-0.25, -0.2) is 0 Å². The van der Waals surface area contributed by atoms with E-state index in [0.717, 1.165) is 11.1 Å². The number of benzene rings is 1. The van der Waals surface area contributed by atoms with E-state index in [4.69, 9.17) is 9.47 Å². The van der Waals surface area contributed by atoms with Gasteiger partial charge in [-0.15, -0.1) is 0 Å². The summed E-state index contributed by atoms with van der Waals surface area (Å²) >= 11 is 0. The Hall–Kier alpha value is -1.77. The van der Waals surface area contributed by atoms with Gasteiger partial charge in [-0.1, -0.05) is 71.9 Å². The minimum atomic E-state index is -0.272. The predicted octanol–water partition coefficient (Wildman–Crippen LogP) is 5.31. The van der Waals surface area contributed by atoms with E-state index in [9.17, 15) is 4.79 Å². The van der Waals surface area contributed by atoms with Crippen LogP contribution in [0.1, 0.15) is 54.0 Å². The second-order valence-corrected chi connectivity index (χ2v) is 7.72. The summed E-state index contributed by atoms with van der Waals surface area (Å²) < 4.78 is 11.6. The Morgan fingerprint density at radius 1 is 1.12 bits per heavy atom. The first kappa shape index (κ1) is 20.3. The molecule has 3 nitrogen and oxygen atoms in total. The highest BCUT2D eigenvalue weighted by Gasteiger charge is 2.36. The van der Waals surface area contributed by atoms with E-state index in [1.54, 1.807) is 6.26 Å². The number of rotatable bonds is 8. The molecule has 134 valence electrons. The van der Waals surface area contributed by atoms with E-state index in [1.165, 1.54) is 0 Å². The van der Waals surface area contributed by atoms with E-state index in [-0.39, 0.29) is 29.3 Å². The molecule has 0 aliphatic heterocycles. The first-order valence-electron chi connectivity index (χ1n) is 8.69. The zero-order valence-corrected chi connectivity index (χ0v) is 16.1. The molecule has 1 unspecified atom stereocenters. The molecule has 1 atom stereocenters. The van der Waals surface area contributed by atoms with Crippen molar-refractivity contribution < 1.29 is 14.3 Å². The SMILES string of the molecule is CC(=COCC(C)(C)C(OC(=O)C(C)C)C(C)C)c1ccccc1. The monoisotopic (exact) mass is 332 g/mol. The molecular weight excluding hydrogens is 300 g/mol. The Labute approximate surface area is 147 Å². The standard InChI is InChI=1S/C21H32O3/c1-15(2)19(24-20(22)16(3)4)21(6,7)14-23-13-17(5)18-11-9-8-10-12-18/h8-13,15-16,19H,14H2,1-7H3. The molecule has 0 radical (unpaired) electrons. The molecule has 0 aliphatic carbocycles. The largest absolute Gasteiger partial charge is 0.500 e.